The SMILES string of the molecule is Cc1cc(NS(=O)(=O)CCCCO)c2ccccc2n1. The summed E-state index contributed by atoms with van der Waals surface area (Å²) in [6, 6.07) is 9.14. The summed E-state index contributed by atoms with van der Waals surface area (Å²) >= 11 is 0. The molecule has 0 bridgehead atoms. The molecular weight excluding hydrogens is 276 g/mol. The summed E-state index contributed by atoms with van der Waals surface area (Å²) in [5, 5.41) is 9.49. The van der Waals surface area contributed by atoms with Crippen molar-refractivity contribution in [1.82, 2.24) is 4.98 Å². The van der Waals surface area contributed by atoms with Crippen molar-refractivity contribution in [2.75, 3.05) is 17.1 Å². The molecule has 2 N–H and O–H groups in total. The highest BCUT2D eigenvalue weighted by Gasteiger charge is 2.12. The van der Waals surface area contributed by atoms with Gasteiger partial charge in [0, 0.05) is 17.7 Å². The van der Waals surface area contributed by atoms with Crippen molar-refractivity contribution in [3.63, 3.8) is 0 Å². The lowest BCUT2D eigenvalue weighted by atomic mass is 10.2. The average Bonchev–Trinajstić information content (AvgIpc) is 2.38. The Morgan fingerprint density at radius 1 is 1.25 bits per heavy atom. The summed E-state index contributed by atoms with van der Waals surface area (Å²) in [5.74, 6) is 0.00323. The van der Waals surface area contributed by atoms with Crippen LogP contribution in [-0.2, 0) is 10.0 Å². The van der Waals surface area contributed by atoms with E-state index in [0.29, 0.717) is 18.5 Å². The number of para-hydroxylation sites is 1. The van der Waals surface area contributed by atoms with Gasteiger partial charge < -0.3 is 5.11 Å². The van der Waals surface area contributed by atoms with E-state index < -0.39 is 10.0 Å². The van der Waals surface area contributed by atoms with Gasteiger partial charge in [-0.25, -0.2) is 8.42 Å². The fraction of sp³-hybridized carbons (Fsp3) is 0.357. The van der Waals surface area contributed by atoms with Crippen molar-refractivity contribution in [3.8, 4) is 0 Å². The predicted octanol–water partition coefficient (Wildman–Crippen LogP) is 2.06. The third-order valence-corrected chi connectivity index (χ3v) is 4.29. The summed E-state index contributed by atoms with van der Waals surface area (Å²) in [4.78, 5) is 4.37. The molecule has 1 aromatic heterocycles. The molecule has 1 heterocycles. The second-order valence-corrected chi connectivity index (χ2v) is 6.52. The van der Waals surface area contributed by atoms with Gasteiger partial charge in [-0.1, -0.05) is 18.2 Å². The Kier molecular flexibility index (Phi) is 4.57. The largest absolute Gasteiger partial charge is 0.396 e. The molecule has 0 aliphatic heterocycles. The topological polar surface area (TPSA) is 79.3 Å². The Labute approximate surface area is 118 Å². The molecule has 0 aliphatic carbocycles. The third kappa shape index (κ3) is 3.68. The van der Waals surface area contributed by atoms with E-state index in [2.05, 4.69) is 9.71 Å². The molecule has 0 atom stereocenters. The maximum Gasteiger partial charge on any atom is 0.232 e. The van der Waals surface area contributed by atoms with E-state index in [-0.39, 0.29) is 12.4 Å². The van der Waals surface area contributed by atoms with Crippen LogP contribution < -0.4 is 4.72 Å². The number of aliphatic hydroxyl groups excluding tert-OH is 1. The van der Waals surface area contributed by atoms with Crippen molar-refractivity contribution < 1.29 is 13.5 Å². The number of nitrogens with one attached hydrogen (secondary N) is 1. The first-order valence-electron chi connectivity index (χ1n) is 6.49. The lowest BCUT2D eigenvalue weighted by molar-refractivity contribution is 0.287. The summed E-state index contributed by atoms with van der Waals surface area (Å²) in [6.45, 7) is 1.84. The number of sulfonamides is 1. The summed E-state index contributed by atoms with van der Waals surface area (Å²) < 4.78 is 26.6. The molecule has 0 saturated carbocycles. The van der Waals surface area contributed by atoms with Crippen LogP contribution in [0.15, 0.2) is 30.3 Å². The zero-order chi connectivity index (χ0) is 14.6. The predicted molar refractivity (Wildman–Crippen MR) is 80.2 cm³/mol. The molecule has 2 rings (SSSR count). The van der Waals surface area contributed by atoms with Crippen LogP contribution in [0.1, 0.15) is 18.5 Å². The molecule has 0 amide bonds. The van der Waals surface area contributed by atoms with Gasteiger partial charge in [0.05, 0.1) is 17.0 Å². The van der Waals surface area contributed by atoms with E-state index in [1.165, 1.54) is 0 Å². The quantitative estimate of drug-likeness (QED) is 0.799. The normalized spacial score (nSPS) is 11.7. The number of rotatable bonds is 6. The molecule has 0 aliphatic rings. The highest BCUT2D eigenvalue weighted by molar-refractivity contribution is 7.92. The van der Waals surface area contributed by atoms with Gasteiger partial charge in [-0.05, 0) is 31.9 Å². The Morgan fingerprint density at radius 2 is 2.00 bits per heavy atom. The van der Waals surface area contributed by atoms with Crippen LogP contribution in [0, 0.1) is 6.92 Å². The van der Waals surface area contributed by atoms with E-state index >= 15 is 0 Å². The lowest BCUT2D eigenvalue weighted by Crippen LogP contribution is -2.17. The van der Waals surface area contributed by atoms with Crippen LogP contribution in [-0.4, -0.2) is 30.9 Å². The van der Waals surface area contributed by atoms with Gasteiger partial charge in [0.1, 0.15) is 0 Å². The van der Waals surface area contributed by atoms with Crippen molar-refractivity contribution in [2.45, 2.75) is 19.8 Å². The Morgan fingerprint density at radius 3 is 2.75 bits per heavy atom. The van der Waals surface area contributed by atoms with Crippen molar-refractivity contribution in [1.29, 1.82) is 0 Å². The molecular formula is C14H18N2O3S. The number of pyridine rings is 1. The van der Waals surface area contributed by atoms with Crippen LogP contribution in [0.3, 0.4) is 0 Å². The highest BCUT2D eigenvalue weighted by atomic mass is 32.2. The van der Waals surface area contributed by atoms with Crippen molar-refractivity contribution in [2.24, 2.45) is 0 Å². The minimum Gasteiger partial charge on any atom is -0.396 e. The minimum absolute atomic E-state index is 0.00323. The van der Waals surface area contributed by atoms with Crippen LogP contribution in [0.4, 0.5) is 5.69 Å². The number of hydrogen-bond acceptors (Lipinski definition) is 4. The van der Waals surface area contributed by atoms with E-state index in [1.54, 1.807) is 6.07 Å². The molecule has 0 spiro atoms. The molecule has 0 saturated heterocycles. The standard InChI is InChI=1S/C14H18N2O3S/c1-11-10-14(12-6-2-3-7-13(12)15-11)16-20(18,19)9-5-4-8-17/h2-3,6-7,10,17H,4-5,8-9H2,1H3,(H,15,16). The number of fused-ring (bicyclic) bond motifs is 1. The molecule has 2 aromatic rings. The molecule has 0 radical (unpaired) electrons. The number of unbranched alkanes of at least 4 members (excludes halogenated alkanes) is 1. The Bertz CT molecular complexity index is 699. The number of aliphatic hydroxyl groups is 1. The van der Waals surface area contributed by atoms with Crippen LogP contribution in [0.25, 0.3) is 10.9 Å². The zero-order valence-corrected chi connectivity index (χ0v) is 12.2. The second-order valence-electron chi connectivity index (χ2n) is 4.68. The molecule has 0 unspecified atom stereocenters. The summed E-state index contributed by atoms with van der Waals surface area (Å²) in [7, 11) is -3.40. The van der Waals surface area contributed by atoms with Gasteiger partial charge in [0.2, 0.25) is 10.0 Å². The lowest BCUT2D eigenvalue weighted by Gasteiger charge is -2.11. The first kappa shape index (κ1) is 14.7. The first-order chi connectivity index (χ1) is 9.52. The fourth-order valence-electron chi connectivity index (χ4n) is 2.01. The molecule has 0 fully saturated rings. The smallest absolute Gasteiger partial charge is 0.232 e. The minimum atomic E-state index is -3.40. The van der Waals surface area contributed by atoms with Gasteiger partial charge in [-0.15, -0.1) is 0 Å². The Hall–Kier alpha value is -1.66. The van der Waals surface area contributed by atoms with Crippen molar-refractivity contribution >= 4 is 26.6 Å². The second kappa shape index (κ2) is 6.19. The first-order valence-corrected chi connectivity index (χ1v) is 8.15. The van der Waals surface area contributed by atoms with Gasteiger partial charge >= 0.3 is 0 Å². The number of nitrogens with zero attached hydrogens (tertiary/aromatic N) is 1. The highest BCUT2D eigenvalue weighted by Crippen LogP contribution is 2.24. The van der Waals surface area contributed by atoms with E-state index in [1.807, 2.05) is 31.2 Å². The van der Waals surface area contributed by atoms with Gasteiger partial charge in [-0.3, -0.25) is 9.71 Å². The fourth-order valence-corrected chi connectivity index (χ4v) is 3.20. The number of benzene rings is 1. The number of hydrogen-bond donors (Lipinski definition) is 2. The number of aromatic nitrogens is 1. The molecule has 5 nitrogen and oxygen atoms in total. The molecule has 20 heavy (non-hydrogen) atoms. The number of aryl methyl sites for hydroxylation is 1. The molecule has 6 heteroatoms. The Balaban J connectivity index is 2.29. The molecule has 1 aromatic carbocycles. The van der Waals surface area contributed by atoms with Crippen LogP contribution in [0.2, 0.25) is 0 Å². The van der Waals surface area contributed by atoms with Crippen LogP contribution in [0.5, 0.6) is 0 Å². The summed E-state index contributed by atoms with van der Waals surface area (Å²) in [6.07, 6.45) is 0.921. The van der Waals surface area contributed by atoms with E-state index in [0.717, 1.165) is 16.6 Å². The van der Waals surface area contributed by atoms with Gasteiger partial charge in [0.15, 0.2) is 0 Å². The van der Waals surface area contributed by atoms with E-state index in [9.17, 15) is 8.42 Å². The summed E-state index contributed by atoms with van der Waals surface area (Å²) in [5.41, 5.74) is 2.08. The third-order valence-electron chi connectivity index (χ3n) is 2.93. The zero-order valence-electron chi connectivity index (χ0n) is 11.3. The maximum absolute atomic E-state index is 12.0. The monoisotopic (exact) mass is 294 g/mol. The van der Waals surface area contributed by atoms with Crippen molar-refractivity contribution in [3.05, 3.63) is 36.0 Å². The van der Waals surface area contributed by atoms with Gasteiger partial charge in [-0.2, -0.15) is 0 Å². The molecule has 108 valence electrons. The average molecular weight is 294 g/mol. The number of anilines is 1. The maximum atomic E-state index is 12.0. The van der Waals surface area contributed by atoms with Crippen LogP contribution >= 0.6 is 0 Å². The van der Waals surface area contributed by atoms with Gasteiger partial charge in [0.25, 0.3) is 0 Å². The van der Waals surface area contributed by atoms with E-state index in [4.69, 9.17) is 5.11 Å².